The number of hydrogen-bond acceptors (Lipinski definition) is 3. The maximum atomic E-state index is 12.8. The Morgan fingerprint density at radius 3 is 2.17 bits per heavy atom. The third-order valence-electron chi connectivity index (χ3n) is 2.20. The van der Waals surface area contributed by atoms with Gasteiger partial charge in [0, 0.05) is 5.56 Å². The fourth-order valence-electron chi connectivity index (χ4n) is 1.42. The summed E-state index contributed by atoms with van der Waals surface area (Å²) in [6, 6.07) is 4.69. The fraction of sp³-hybridized carbons (Fsp3) is 0.222. The molecule has 0 saturated heterocycles. The monoisotopic (exact) mass is 296 g/mol. The van der Waals surface area contributed by atoms with Gasteiger partial charge in [0.2, 0.25) is 10.2 Å². The van der Waals surface area contributed by atoms with E-state index in [9.17, 15) is 13.2 Å². The molecular formula is C9H5Cl2F3N4. The number of hydrogen-bond donors (Lipinski definition) is 1. The maximum Gasteiger partial charge on any atom is 0.416 e. The van der Waals surface area contributed by atoms with Gasteiger partial charge in [0.1, 0.15) is 0 Å². The Morgan fingerprint density at radius 2 is 1.67 bits per heavy atom. The molecule has 9 heteroatoms. The number of aromatic amines is 1. The van der Waals surface area contributed by atoms with E-state index in [0.717, 1.165) is 6.07 Å². The summed E-state index contributed by atoms with van der Waals surface area (Å²) in [7, 11) is 0. The second-order valence-corrected chi connectivity index (χ2v) is 4.68. The van der Waals surface area contributed by atoms with Gasteiger partial charge in [0.15, 0.2) is 0 Å². The van der Waals surface area contributed by atoms with Crippen molar-refractivity contribution < 1.29 is 13.2 Å². The predicted octanol–water partition coefficient (Wildman–Crippen LogP) is 2.90. The van der Waals surface area contributed by atoms with Crippen LogP contribution in [0.4, 0.5) is 13.2 Å². The summed E-state index contributed by atoms with van der Waals surface area (Å²) in [6.07, 6.45) is -4.57. The van der Waals surface area contributed by atoms with Crippen LogP contribution in [0.25, 0.3) is 0 Å². The molecule has 1 aromatic heterocycles. The van der Waals surface area contributed by atoms with Crippen molar-refractivity contribution in [2.75, 3.05) is 0 Å². The van der Waals surface area contributed by atoms with Gasteiger partial charge in [0.05, 0.1) is 5.56 Å². The van der Waals surface area contributed by atoms with Crippen molar-refractivity contribution in [2.24, 2.45) is 0 Å². The Hall–Kier alpha value is -1.34. The Morgan fingerprint density at radius 1 is 1.06 bits per heavy atom. The first-order chi connectivity index (χ1) is 8.33. The molecule has 1 heterocycles. The third kappa shape index (κ3) is 2.28. The Bertz CT molecular complexity index is 539. The van der Waals surface area contributed by atoms with E-state index in [-0.39, 0.29) is 11.4 Å². The first-order valence-corrected chi connectivity index (χ1v) is 5.37. The van der Waals surface area contributed by atoms with E-state index in [1.165, 1.54) is 18.2 Å². The highest BCUT2D eigenvalue weighted by atomic mass is 35.5. The lowest BCUT2D eigenvalue weighted by atomic mass is 10.0. The SMILES string of the molecule is FC(F)(F)c1ccccc1C(Cl)(Cl)c1nn[nH]n1. The Labute approximate surface area is 109 Å². The molecule has 0 saturated carbocycles. The standard InChI is InChI=1S/C9H5Cl2F3N4/c10-8(11,7-15-17-18-16-7)5-3-1-2-4-6(5)9(12,13)14/h1-4H,(H,15,16,17,18). The number of tetrazole rings is 1. The van der Waals surface area contributed by atoms with E-state index in [2.05, 4.69) is 20.6 Å². The molecule has 0 aliphatic carbocycles. The van der Waals surface area contributed by atoms with Crippen molar-refractivity contribution in [3.63, 3.8) is 0 Å². The van der Waals surface area contributed by atoms with Gasteiger partial charge in [-0.05, 0) is 6.07 Å². The van der Waals surface area contributed by atoms with Crippen LogP contribution in [0.1, 0.15) is 17.0 Å². The highest BCUT2D eigenvalue weighted by molar-refractivity contribution is 6.49. The van der Waals surface area contributed by atoms with Gasteiger partial charge in [-0.1, -0.05) is 46.6 Å². The van der Waals surface area contributed by atoms with E-state index in [0.29, 0.717) is 0 Å². The Balaban J connectivity index is 2.58. The van der Waals surface area contributed by atoms with Crippen LogP contribution in [0.2, 0.25) is 0 Å². The molecule has 0 aliphatic rings. The minimum atomic E-state index is -4.57. The lowest BCUT2D eigenvalue weighted by Gasteiger charge is -2.20. The summed E-state index contributed by atoms with van der Waals surface area (Å²) in [5.41, 5.74) is -1.29. The lowest BCUT2D eigenvalue weighted by Crippen LogP contribution is -2.21. The molecule has 0 amide bonds. The van der Waals surface area contributed by atoms with Crippen molar-refractivity contribution >= 4 is 23.2 Å². The molecule has 96 valence electrons. The van der Waals surface area contributed by atoms with Gasteiger partial charge in [-0.15, -0.1) is 10.2 Å². The quantitative estimate of drug-likeness (QED) is 0.867. The van der Waals surface area contributed by atoms with Crippen molar-refractivity contribution in [3.05, 3.63) is 41.2 Å². The molecule has 0 fully saturated rings. The molecule has 0 bridgehead atoms. The number of halogens is 5. The smallest absolute Gasteiger partial charge is 0.177 e. The first-order valence-electron chi connectivity index (χ1n) is 4.62. The number of aromatic nitrogens is 4. The predicted molar refractivity (Wildman–Crippen MR) is 58.1 cm³/mol. The van der Waals surface area contributed by atoms with E-state index >= 15 is 0 Å². The molecule has 2 rings (SSSR count). The maximum absolute atomic E-state index is 12.8. The van der Waals surface area contributed by atoms with Crippen LogP contribution in [0, 0.1) is 0 Å². The second kappa shape index (κ2) is 4.40. The molecule has 0 unspecified atom stereocenters. The summed E-state index contributed by atoms with van der Waals surface area (Å²) < 4.78 is 36.5. The molecule has 0 radical (unpaired) electrons. The molecule has 4 nitrogen and oxygen atoms in total. The lowest BCUT2D eigenvalue weighted by molar-refractivity contribution is -0.138. The molecular weight excluding hydrogens is 292 g/mol. The third-order valence-corrected chi connectivity index (χ3v) is 2.94. The normalized spacial score (nSPS) is 12.7. The summed E-state index contributed by atoms with van der Waals surface area (Å²) >= 11 is 11.8. The van der Waals surface area contributed by atoms with Crippen LogP contribution < -0.4 is 0 Å². The number of alkyl halides is 5. The number of rotatable bonds is 2. The van der Waals surface area contributed by atoms with Crippen molar-refractivity contribution in [1.29, 1.82) is 0 Å². The van der Waals surface area contributed by atoms with Gasteiger partial charge in [-0.2, -0.15) is 18.4 Å². The average Bonchev–Trinajstić information content (AvgIpc) is 2.82. The summed E-state index contributed by atoms with van der Waals surface area (Å²) in [5, 5.41) is 12.3. The van der Waals surface area contributed by atoms with Gasteiger partial charge < -0.3 is 0 Å². The van der Waals surface area contributed by atoms with Gasteiger partial charge >= 0.3 is 6.18 Å². The van der Waals surface area contributed by atoms with Crippen molar-refractivity contribution in [2.45, 2.75) is 10.5 Å². The fourth-order valence-corrected chi connectivity index (χ4v) is 1.91. The summed E-state index contributed by atoms with van der Waals surface area (Å²) in [4.78, 5) is 0. The number of H-pyrrole nitrogens is 1. The number of nitrogens with zero attached hydrogens (tertiary/aromatic N) is 3. The van der Waals surface area contributed by atoms with Gasteiger partial charge in [-0.3, -0.25) is 0 Å². The zero-order chi connectivity index (χ0) is 13.4. The highest BCUT2D eigenvalue weighted by Gasteiger charge is 2.42. The molecule has 2 aromatic rings. The highest BCUT2D eigenvalue weighted by Crippen LogP contribution is 2.44. The van der Waals surface area contributed by atoms with E-state index in [1.807, 2.05) is 0 Å². The average molecular weight is 297 g/mol. The van der Waals surface area contributed by atoms with Gasteiger partial charge in [0.25, 0.3) is 0 Å². The van der Waals surface area contributed by atoms with Crippen LogP contribution in [0.15, 0.2) is 24.3 Å². The largest absolute Gasteiger partial charge is 0.416 e. The zero-order valence-corrected chi connectivity index (χ0v) is 10.1. The molecule has 1 aromatic carbocycles. The van der Waals surface area contributed by atoms with Crippen LogP contribution in [0.3, 0.4) is 0 Å². The number of benzene rings is 1. The molecule has 1 N–H and O–H groups in total. The van der Waals surface area contributed by atoms with Crippen LogP contribution in [-0.2, 0) is 10.5 Å². The first kappa shape index (κ1) is 13.1. The topological polar surface area (TPSA) is 54.5 Å². The van der Waals surface area contributed by atoms with Crippen LogP contribution in [-0.4, -0.2) is 20.6 Å². The van der Waals surface area contributed by atoms with Crippen molar-refractivity contribution in [1.82, 2.24) is 20.6 Å². The Kier molecular flexibility index (Phi) is 3.20. The van der Waals surface area contributed by atoms with Crippen LogP contribution >= 0.6 is 23.2 Å². The van der Waals surface area contributed by atoms with E-state index in [4.69, 9.17) is 23.2 Å². The molecule has 0 spiro atoms. The molecule has 18 heavy (non-hydrogen) atoms. The van der Waals surface area contributed by atoms with Crippen molar-refractivity contribution in [3.8, 4) is 0 Å². The minimum Gasteiger partial charge on any atom is -0.177 e. The van der Waals surface area contributed by atoms with Crippen LogP contribution in [0.5, 0.6) is 0 Å². The number of nitrogens with one attached hydrogen (secondary N) is 1. The molecule has 0 aliphatic heterocycles. The van der Waals surface area contributed by atoms with E-state index in [1.54, 1.807) is 0 Å². The zero-order valence-electron chi connectivity index (χ0n) is 8.54. The molecule has 0 atom stereocenters. The van der Waals surface area contributed by atoms with Gasteiger partial charge in [-0.25, -0.2) is 0 Å². The minimum absolute atomic E-state index is 0.248. The second-order valence-electron chi connectivity index (χ2n) is 3.35. The summed E-state index contributed by atoms with van der Waals surface area (Å²) in [6.45, 7) is 0. The van der Waals surface area contributed by atoms with E-state index < -0.39 is 16.1 Å². The summed E-state index contributed by atoms with van der Waals surface area (Å²) in [5.74, 6) is -0.248.